The Morgan fingerprint density at radius 2 is 1.59 bits per heavy atom. The highest BCUT2D eigenvalue weighted by Crippen LogP contribution is 2.39. The number of nitrogens with zero attached hydrogens (tertiary/aromatic N) is 3. The summed E-state index contributed by atoms with van der Waals surface area (Å²) in [5.74, 6) is 2.45. The molecule has 1 aliphatic carbocycles. The molecule has 2 amide bonds. The Bertz CT molecular complexity index is 1260. The molecule has 5 rings (SSSR count). The van der Waals surface area contributed by atoms with Crippen LogP contribution in [0.5, 0.6) is 0 Å². The molecule has 1 aliphatic rings. The predicted molar refractivity (Wildman–Crippen MR) is 134 cm³/mol. The summed E-state index contributed by atoms with van der Waals surface area (Å²) in [4.78, 5) is 21.0. The standard InChI is InChI=1S/C25H26N8O/c1-2-16-3-7-19(8-4-16)28-25(34)29-20-11-9-18(10-12-20)27-24-26-14-13-22(31-24)30-23-15-21(32-33-23)17-5-6-17/h3-4,7-15,17H,2,5-6H2,1H3,(H2,28,29,34)(H3,26,27,30,31,32,33). The van der Waals surface area contributed by atoms with Crippen molar-refractivity contribution in [1.29, 1.82) is 0 Å². The Labute approximate surface area is 197 Å². The first-order chi connectivity index (χ1) is 16.6. The lowest BCUT2D eigenvalue weighted by molar-refractivity contribution is 0.262. The predicted octanol–water partition coefficient (Wildman–Crippen LogP) is 5.77. The summed E-state index contributed by atoms with van der Waals surface area (Å²) in [5.41, 5.74) is 4.61. The SMILES string of the molecule is CCc1ccc(NC(=O)Nc2ccc(Nc3nccc(Nc4cc(C5CC5)[nH]n4)n3)cc2)cc1. The van der Waals surface area contributed by atoms with Crippen molar-refractivity contribution in [3.05, 3.63) is 78.1 Å². The number of benzene rings is 2. The number of hydrogen-bond donors (Lipinski definition) is 5. The first kappa shape index (κ1) is 21.4. The van der Waals surface area contributed by atoms with E-state index in [4.69, 9.17) is 0 Å². The van der Waals surface area contributed by atoms with E-state index >= 15 is 0 Å². The van der Waals surface area contributed by atoms with Crippen LogP contribution in [-0.2, 0) is 6.42 Å². The van der Waals surface area contributed by atoms with Gasteiger partial charge in [0, 0.05) is 40.9 Å². The Balaban J connectivity index is 1.16. The number of urea groups is 1. The molecule has 0 bridgehead atoms. The fourth-order valence-corrected chi connectivity index (χ4v) is 3.51. The molecule has 9 heteroatoms. The Morgan fingerprint density at radius 1 is 0.912 bits per heavy atom. The van der Waals surface area contributed by atoms with E-state index in [1.165, 1.54) is 18.4 Å². The zero-order valence-electron chi connectivity index (χ0n) is 18.8. The number of anilines is 6. The van der Waals surface area contributed by atoms with Crippen molar-refractivity contribution in [2.45, 2.75) is 32.1 Å². The molecule has 0 saturated heterocycles. The summed E-state index contributed by atoms with van der Waals surface area (Å²) in [6, 6.07) is 18.6. The van der Waals surface area contributed by atoms with Gasteiger partial charge in [-0.2, -0.15) is 10.1 Å². The van der Waals surface area contributed by atoms with Gasteiger partial charge in [0.2, 0.25) is 5.95 Å². The zero-order chi connectivity index (χ0) is 23.3. The van der Waals surface area contributed by atoms with Crippen LogP contribution in [0.25, 0.3) is 0 Å². The molecule has 4 aromatic rings. The van der Waals surface area contributed by atoms with Crippen molar-refractivity contribution < 1.29 is 4.79 Å². The van der Waals surface area contributed by atoms with E-state index in [0.29, 0.717) is 23.4 Å². The number of nitrogens with one attached hydrogen (secondary N) is 5. The lowest BCUT2D eigenvalue weighted by atomic mass is 10.1. The molecule has 2 aromatic carbocycles. The van der Waals surface area contributed by atoms with Gasteiger partial charge in [-0.1, -0.05) is 19.1 Å². The van der Waals surface area contributed by atoms with Crippen LogP contribution in [0.15, 0.2) is 66.9 Å². The smallest absolute Gasteiger partial charge is 0.323 e. The molecule has 0 radical (unpaired) electrons. The topological polar surface area (TPSA) is 120 Å². The molecule has 0 unspecified atom stereocenters. The highest BCUT2D eigenvalue weighted by molar-refractivity contribution is 5.99. The van der Waals surface area contributed by atoms with Crippen molar-refractivity contribution in [2.75, 3.05) is 21.3 Å². The highest BCUT2D eigenvalue weighted by atomic mass is 16.2. The zero-order valence-corrected chi connectivity index (χ0v) is 18.8. The summed E-state index contributed by atoms with van der Waals surface area (Å²) in [6.45, 7) is 2.10. The van der Waals surface area contributed by atoms with E-state index in [9.17, 15) is 4.79 Å². The summed E-state index contributed by atoms with van der Waals surface area (Å²) in [6.07, 6.45) is 5.08. The molecule has 2 aromatic heterocycles. The van der Waals surface area contributed by atoms with E-state index in [2.05, 4.69) is 48.4 Å². The first-order valence-electron chi connectivity index (χ1n) is 11.3. The Morgan fingerprint density at radius 3 is 2.26 bits per heavy atom. The maximum Gasteiger partial charge on any atom is 0.323 e. The molecule has 172 valence electrons. The third-order valence-electron chi connectivity index (χ3n) is 5.55. The summed E-state index contributed by atoms with van der Waals surface area (Å²) in [7, 11) is 0. The third kappa shape index (κ3) is 5.50. The lowest BCUT2D eigenvalue weighted by Gasteiger charge is -2.10. The number of amides is 2. The summed E-state index contributed by atoms with van der Waals surface area (Å²) >= 11 is 0. The van der Waals surface area contributed by atoms with Gasteiger partial charge in [-0.05, 0) is 67.3 Å². The largest absolute Gasteiger partial charge is 0.324 e. The summed E-state index contributed by atoms with van der Waals surface area (Å²) in [5, 5.41) is 19.4. The number of carbonyl (C=O) groups excluding carboxylic acids is 1. The van der Waals surface area contributed by atoms with Crippen LogP contribution < -0.4 is 21.3 Å². The van der Waals surface area contributed by atoms with Crippen LogP contribution in [0, 0.1) is 0 Å². The van der Waals surface area contributed by atoms with Gasteiger partial charge in [0.05, 0.1) is 0 Å². The number of aromatic nitrogens is 4. The molecule has 1 fully saturated rings. The van der Waals surface area contributed by atoms with Gasteiger partial charge in [0.25, 0.3) is 0 Å². The molecular weight excluding hydrogens is 428 g/mol. The number of H-pyrrole nitrogens is 1. The van der Waals surface area contributed by atoms with Crippen molar-refractivity contribution >= 4 is 40.7 Å². The maximum absolute atomic E-state index is 12.3. The second kappa shape index (κ2) is 9.62. The number of aryl methyl sites for hydroxylation is 1. The fraction of sp³-hybridized carbons (Fsp3) is 0.200. The van der Waals surface area contributed by atoms with Gasteiger partial charge >= 0.3 is 6.03 Å². The van der Waals surface area contributed by atoms with E-state index in [1.54, 1.807) is 12.3 Å². The number of rotatable bonds is 8. The van der Waals surface area contributed by atoms with Crippen molar-refractivity contribution in [2.24, 2.45) is 0 Å². The monoisotopic (exact) mass is 454 g/mol. The van der Waals surface area contributed by atoms with Crippen molar-refractivity contribution in [1.82, 2.24) is 20.2 Å². The molecule has 0 spiro atoms. The Kier molecular flexibility index (Phi) is 6.07. The van der Waals surface area contributed by atoms with E-state index < -0.39 is 0 Å². The highest BCUT2D eigenvalue weighted by Gasteiger charge is 2.25. The summed E-state index contributed by atoms with van der Waals surface area (Å²) < 4.78 is 0. The molecule has 2 heterocycles. The maximum atomic E-state index is 12.3. The van der Waals surface area contributed by atoms with Crippen molar-refractivity contribution in [3.8, 4) is 0 Å². The van der Waals surface area contributed by atoms with Crippen LogP contribution in [0.4, 0.5) is 39.4 Å². The molecule has 0 aliphatic heterocycles. The minimum Gasteiger partial charge on any atom is -0.324 e. The fourth-order valence-electron chi connectivity index (χ4n) is 3.51. The van der Waals surface area contributed by atoms with Gasteiger partial charge < -0.3 is 21.3 Å². The van der Waals surface area contributed by atoms with E-state index in [-0.39, 0.29) is 6.03 Å². The average Bonchev–Trinajstić information content (AvgIpc) is 3.60. The molecular formula is C25H26N8O. The van der Waals surface area contributed by atoms with Crippen molar-refractivity contribution in [3.63, 3.8) is 0 Å². The van der Waals surface area contributed by atoms with Gasteiger partial charge in [-0.25, -0.2) is 9.78 Å². The normalized spacial score (nSPS) is 12.7. The average molecular weight is 455 g/mol. The molecule has 34 heavy (non-hydrogen) atoms. The quantitative estimate of drug-likeness (QED) is 0.230. The van der Waals surface area contributed by atoms with Crippen LogP contribution in [0.3, 0.4) is 0 Å². The van der Waals surface area contributed by atoms with Crippen LogP contribution in [0.2, 0.25) is 0 Å². The minimum atomic E-state index is -0.296. The van der Waals surface area contributed by atoms with Gasteiger partial charge in [0.1, 0.15) is 5.82 Å². The second-order valence-corrected chi connectivity index (χ2v) is 8.21. The van der Waals surface area contributed by atoms with Gasteiger partial charge in [-0.3, -0.25) is 5.10 Å². The first-order valence-corrected chi connectivity index (χ1v) is 11.3. The molecule has 5 N–H and O–H groups in total. The minimum absolute atomic E-state index is 0.296. The number of aromatic amines is 1. The van der Waals surface area contributed by atoms with E-state index in [0.717, 1.165) is 29.3 Å². The molecule has 9 nitrogen and oxygen atoms in total. The second-order valence-electron chi connectivity index (χ2n) is 8.21. The van der Waals surface area contributed by atoms with Crippen LogP contribution >= 0.6 is 0 Å². The van der Waals surface area contributed by atoms with Crippen LogP contribution in [0.1, 0.15) is 36.9 Å². The van der Waals surface area contributed by atoms with Crippen LogP contribution in [-0.4, -0.2) is 26.2 Å². The van der Waals surface area contributed by atoms with E-state index in [1.807, 2.05) is 54.6 Å². The Hall–Kier alpha value is -4.40. The van der Waals surface area contributed by atoms with Gasteiger partial charge in [-0.15, -0.1) is 0 Å². The number of carbonyl (C=O) groups is 1. The van der Waals surface area contributed by atoms with Gasteiger partial charge in [0.15, 0.2) is 5.82 Å². The molecule has 1 saturated carbocycles. The third-order valence-corrected chi connectivity index (χ3v) is 5.55. The number of hydrogen-bond acceptors (Lipinski definition) is 6. The molecule has 0 atom stereocenters. The lowest BCUT2D eigenvalue weighted by Crippen LogP contribution is -2.19.